The molecule has 0 saturated carbocycles. The molecule has 21 heavy (non-hydrogen) atoms. The summed E-state index contributed by atoms with van der Waals surface area (Å²) in [4.78, 5) is 2.33. The van der Waals surface area contributed by atoms with Crippen LogP contribution in [0, 0.1) is 5.92 Å². The molecule has 0 radical (unpaired) electrons. The van der Waals surface area contributed by atoms with E-state index in [2.05, 4.69) is 23.8 Å². The molecule has 0 unspecified atom stereocenters. The van der Waals surface area contributed by atoms with Crippen LogP contribution in [0.4, 0.5) is 0 Å². The summed E-state index contributed by atoms with van der Waals surface area (Å²) in [6.45, 7) is 10.8. The average Bonchev–Trinajstić information content (AvgIpc) is 2.88. The molecule has 0 spiro atoms. The monoisotopic (exact) mass is 314 g/mol. The predicted molar refractivity (Wildman–Crippen MR) is 82.6 cm³/mol. The van der Waals surface area contributed by atoms with E-state index in [-0.39, 0.29) is 0 Å². The van der Waals surface area contributed by atoms with Crippen molar-refractivity contribution in [2.45, 2.75) is 38.8 Å². The van der Waals surface area contributed by atoms with Gasteiger partial charge in [-0.1, -0.05) is 20.8 Å². The average molecular weight is 314 g/mol. The van der Waals surface area contributed by atoms with Gasteiger partial charge in [0.1, 0.15) is 0 Å². The maximum absolute atomic E-state index is 12.7. The third-order valence-electron chi connectivity index (χ3n) is 3.67. The third-order valence-corrected chi connectivity index (χ3v) is 5.59. The van der Waals surface area contributed by atoms with E-state index < -0.39 is 10.0 Å². The van der Waals surface area contributed by atoms with Crippen molar-refractivity contribution in [2.24, 2.45) is 5.92 Å². The minimum atomic E-state index is -3.42. The van der Waals surface area contributed by atoms with E-state index >= 15 is 0 Å². The van der Waals surface area contributed by atoms with Crippen LogP contribution >= 0.6 is 0 Å². The molecule has 6 nitrogen and oxygen atoms in total. The van der Waals surface area contributed by atoms with Crippen LogP contribution in [0.25, 0.3) is 0 Å². The lowest BCUT2D eigenvalue weighted by Crippen LogP contribution is -2.49. The van der Waals surface area contributed by atoms with Gasteiger partial charge in [0.2, 0.25) is 0 Å². The van der Waals surface area contributed by atoms with Crippen LogP contribution in [0.1, 0.15) is 27.2 Å². The van der Waals surface area contributed by atoms with Crippen LogP contribution in [0.2, 0.25) is 0 Å². The number of aryl methyl sites for hydroxylation is 1. The zero-order chi connectivity index (χ0) is 15.5. The molecule has 1 aliphatic heterocycles. The van der Waals surface area contributed by atoms with Crippen molar-refractivity contribution >= 4 is 10.0 Å². The van der Waals surface area contributed by atoms with Gasteiger partial charge in [0, 0.05) is 39.3 Å². The van der Waals surface area contributed by atoms with Crippen LogP contribution in [-0.4, -0.2) is 60.1 Å². The van der Waals surface area contributed by atoms with Crippen LogP contribution in [0.3, 0.4) is 0 Å². The van der Waals surface area contributed by atoms with Crippen LogP contribution in [0.5, 0.6) is 0 Å². The van der Waals surface area contributed by atoms with Crippen molar-refractivity contribution < 1.29 is 8.42 Å². The first kappa shape index (κ1) is 16.5. The second-order valence-electron chi connectivity index (χ2n) is 5.99. The van der Waals surface area contributed by atoms with Gasteiger partial charge in [0.05, 0.1) is 6.20 Å². The summed E-state index contributed by atoms with van der Waals surface area (Å²) in [7, 11) is -3.42. The standard InChI is InChI=1S/C14H26N4O2S/c1-4-7-18-14(5-6-15-18)21(19,20)17-10-8-16(9-11-17)12-13(2)3/h5-6,13H,4,7-12H2,1-3H3. The molecule has 0 bridgehead atoms. The number of rotatable bonds is 6. The second kappa shape index (κ2) is 6.89. The number of piperazine rings is 1. The van der Waals surface area contributed by atoms with Gasteiger partial charge < -0.3 is 4.90 Å². The van der Waals surface area contributed by atoms with E-state index in [9.17, 15) is 8.42 Å². The molecule has 0 aromatic carbocycles. The second-order valence-corrected chi connectivity index (χ2v) is 7.88. The highest BCUT2D eigenvalue weighted by Gasteiger charge is 2.30. The molecule has 1 saturated heterocycles. The fraction of sp³-hybridized carbons (Fsp3) is 0.786. The molecule has 2 heterocycles. The van der Waals surface area contributed by atoms with E-state index in [1.165, 1.54) is 0 Å². The molecule has 1 aromatic rings. The van der Waals surface area contributed by atoms with Crippen molar-refractivity contribution in [3.8, 4) is 0 Å². The van der Waals surface area contributed by atoms with Gasteiger partial charge in [0.25, 0.3) is 10.0 Å². The Bertz CT molecular complexity index is 545. The van der Waals surface area contributed by atoms with Gasteiger partial charge in [-0.25, -0.2) is 8.42 Å². The molecule has 0 aliphatic carbocycles. The summed E-state index contributed by atoms with van der Waals surface area (Å²) in [5.41, 5.74) is 0. The van der Waals surface area contributed by atoms with Crippen LogP contribution in [0.15, 0.2) is 17.3 Å². The van der Waals surface area contributed by atoms with Crippen molar-refractivity contribution in [2.75, 3.05) is 32.7 Å². The first-order chi connectivity index (χ1) is 9.95. The van der Waals surface area contributed by atoms with Gasteiger partial charge in [-0.3, -0.25) is 4.68 Å². The van der Waals surface area contributed by atoms with Crippen molar-refractivity contribution in [3.05, 3.63) is 12.3 Å². The Morgan fingerprint density at radius 1 is 1.24 bits per heavy atom. The van der Waals surface area contributed by atoms with Crippen molar-refractivity contribution in [1.82, 2.24) is 19.0 Å². The minimum absolute atomic E-state index is 0.321. The lowest BCUT2D eigenvalue weighted by molar-refractivity contribution is 0.171. The quantitative estimate of drug-likeness (QED) is 0.793. The Balaban J connectivity index is 2.06. The smallest absolute Gasteiger partial charge is 0.260 e. The van der Waals surface area contributed by atoms with E-state index in [0.717, 1.165) is 26.1 Å². The Morgan fingerprint density at radius 3 is 2.48 bits per heavy atom. The number of aromatic nitrogens is 2. The van der Waals surface area contributed by atoms with Gasteiger partial charge in [-0.05, 0) is 18.4 Å². The maximum Gasteiger partial charge on any atom is 0.260 e. The highest BCUT2D eigenvalue weighted by molar-refractivity contribution is 7.89. The predicted octanol–water partition coefficient (Wildman–Crippen LogP) is 1.26. The van der Waals surface area contributed by atoms with Crippen molar-refractivity contribution in [1.29, 1.82) is 0 Å². The molecule has 1 aromatic heterocycles. The SMILES string of the molecule is CCCn1nccc1S(=O)(=O)N1CCN(CC(C)C)CC1. The zero-order valence-electron chi connectivity index (χ0n) is 13.2. The van der Waals surface area contributed by atoms with Gasteiger partial charge in [-0.15, -0.1) is 0 Å². The molecule has 0 amide bonds. The molecular weight excluding hydrogens is 288 g/mol. The Kier molecular flexibility index (Phi) is 5.40. The minimum Gasteiger partial charge on any atom is -0.300 e. The summed E-state index contributed by atoms with van der Waals surface area (Å²) in [6.07, 6.45) is 2.43. The Labute approximate surface area is 127 Å². The normalized spacial score (nSPS) is 18.5. The van der Waals surface area contributed by atoms with Crippen LogP contribution < -0.4 is 0 Å². The van der Waals surface area contributed by atoms with Crippen LogP contribution in [-0.2, 0) is 16.6 Å². The largest absolute Gasteiger partial charge is 0.300 e. The fourth-order valence-corrected chi connectivity index (χ4v) is 4.27. The highest BCUT2D eigenvalue weighted by Crippen LogP contribution is 2.18. The van der Waals surface area contributed by atoms with E-state index in [1.54, 1.807) is 21.3 Å². The number of nitrogens with zero attached hydrogens (tertiary/aromatic N) is 4. The topological polar surface area (TPSA) is 58.4 Å². The molecule has 7 heteroatoms. The Hall–Kier alpha value is -0.920. The summed E-state index contributed by atoms with van der Waals surface area (Å²) in [5, 5.41) is 4.44. The van der Waals surface area contributed by atoms with E-state index in [4.69, 9.17) is 0 Å². The molecule has 1 aliphatic rings. The summed E-state index contributed by atoms with van der Waals surface area (Å²) >= 11 is 0. The van der Waals surface area contributed by atoms with E-state index in [0.29, 0.717) is 30.6 Å². The van der Waals surface area contributed by atoms with E-state index in [1.807, 2.05) is 6.92 Å². The zero-order valence-corrected chi connectivity index (χ0v) is 14.0. The fourth-order valence-electron chi connectivity index (χ4n) is 2.72. The highest BCUT2D eigenvalue weighted by atomic mass is 32.2. The lowest BCUT2D eigenvalue weighted by atomic mass is 10.2. The molecule has 120 valence electrons. The number of hydrogen-bond donors (Lipinski definition) is 0. The summed E-state index contributed by atoms with van der Waals surface area (Å²) in [6, 6.07) is 1.60. The summed E-state index contributed by atoms with van der Waals surface area (Å²) < 4.78 is 28.6. The Morgan fingerprint density at radius 2 is 1.90 bits per heavy atom. The van der Waals surface area contributed by atoms with Crippen molar-refractivity contribution in [3.63, 3.8) is 0 Å². The first-order valence-electron chi connectivity index (χ1n) is 7.69. The molecule has 1 fully saturated rings. The lowest BCUT2D eigenvalue weighted by Gasteiger charge is -2.34. The third kappa shape index (κ3) is 3.84. The summed E-state index contributed by atoms with van der Waals surface area (Å²) in [5.74, 6) is 0.610. The molecule has 0 N–H and O–H groups in total. The maximum atomic E-state index is 12.7. The molecule has 0 atom stereocenters. The van der Waals surface area contributed by atoms with Gasteiger partial charge in [0.15, 0.2) is 5.03 Å². The van der Waals surface area contributed by atoms with Gasteiger partial charge >= 0.3 is 0 Å². The molecular formula is C14H26N4O2S. The number of hydrogen-bond acceptors (Lipinski definition) is 4. The number of sulfonamides is 1. The van der Waals surface area contributed by atoms with Gasteiger partial charge in [-0.2, -0.15) is 9.40 Å². The first-order valence-corrected chi connectivity index (χ1v) is 9.13. The molecule has 2 rings (SSSR count).